The zero-order chi connectivity index (χ0) is 17.2. The molecule has 2 atom stereocenters. The fourth-order valence-electron chi connectivity index (χ4n) is 2.35. The number of benzene rings is 1. The topological polar surface area (TPSA) is 95.5 Å². The normalized spacial score (nSPS) is 13.0. The number of carbonyl (C=O) groups excluding carboxylic acids is 2. The van der Waals surface area contributed by atoms with Crippen LogP contribution in [0.5, 0.6) is 0 Å². The van der Waals surface area contributed by atoms with Crippen LogP contribution in [0.25, 0.3) is 0 Å². The van der Waals surface area contributed by atoms with Crippen molar-refractivity contribution < 1.29 is 19.5 Å². The molecule has 6 heteroatoms. The van der Waals surface area contributed by atoms with Gasteiger partial charge in [0, 0.05) is 12.0 Å². The van der Waals surface area contributed by atoms with E-state index in [1.165, 1.54) is 0 Å². The summed E-state index contributed by atoms with van der Waals surface area (Å²) < 4.78 is 0. The van der Waals surface area contributed by atoms with Crippen LogP contribution in [0.15, 0.2) is 30.3 Å². The number of aliphatic carboxylic acids is 1. The number of hydrogen-bond acceptors (Lipinski definition) is 3. The zero-order valence-electron chi connectivity index (χ0n) is 13.5. The van der Waals surface area contributed by atoms with Crippen molar-refractivity contribution in [3.8, 4) is 0 Å². The Balaban J connectivity index is 2.45. The van der Waals surface area contributed by atoms with Crippen LogP contribution in [0.3, 0.4) is 0 Å². The van der Waals surface area contributed by atoms with Crippen LogP contribution in [-0.4, -0.2) is 22.9 Å². The molecule has 1 aromatic carbocycles. The van der Waals surface area contributed by atoms with Gasteiger partial charge in [0.25, 0.3) is 5.91 Å². The fourth-order valence-corrected chi connectivity index (χ4v) is 2.35. The summed E-state index contributed by atoms with van der Waals surface area (Å²) in [7, 11) is 0. The Morgan fingerprint density at radius 2 is 1.78 bits per heavy atom. The molecular weight excluding hydrogens is 296 g/mol. The number of carbonyl (C=O) groups is 3. The SMILES string of the molecule is CCCCC(C(=O)O)C(C)CC(=O)NNC(=O)c1ccccc1. The number of rotatable bonds is 8. The summed E-state index contributed by atoms with van der Waals surface area (Å²) >= 11 is 0. The molecule has 0 fully saturated rings. The highest BCUT2D eigenvalue weighted by Crippen LogP contribution is 2.21. The molecule has 0 radical (unpaired) electrons. The molecule has 1 aromatic rings. The molecule has 0 saturated carbocycles. The molecular formula is C17H24N2O4. The van der Waals surface area contributed by atoms with Crippen molar-refractivity contribution in [2.75, 3.05) is 0 Å². The number of carboxylic acid groups (broad SMARTS) is 1. The van der Waals surface area contributed by atoms with E-state index in [9.17, 15) is 19.5 Å². The molecule has 0 saturated heterocycles. The lowest BCUT2D eigenvalue weighted by molar-refractivity contribution is -0.144. The summed E-state index contributed by atoms with van der Waals surface area (Å²) in [5.41, 5.74) is 5.10. The quantitative estimate of drug-likeness (QED) is 0.641. The number of hydrogen-bond donors (Lipinski definition) is 3. The maximum absolute atomic E-state index is 11.9. The van der Waals surface area contributed by atoms with Gasteiger partial charge >= 0.3 is 5.97 Å². The molecule has 1 rings (SSSR count). The molecule has 0 aromatic heterocycles. The average Bonchev–Trinajstić information content (AvgIpc) is 2.53. The minimum absolute atomic E-state index is 0.0513. The van der Waals surface area contributed by atoms with Gasteiger partial charge in [0.2, 0.25) is 5.91 Å². The van der Waals surface area contributed by atoms with Gasteiger partial charge in [-0.3, -0.25) is 25.2 Å². The summed E-state index contributed by atoms with van der Waals surface area (Å²) in [4.78, 5) is 34.9. The standard InChI is InChI=1S/C17H24N2O4/c1-3-4-10-14(17(22)23)12(2)11-15(20)18-19-16(21)13-8-6-5-7-9-13/h5-9,12,14H,3-4,10-11H2,1-2H3,(H,18,20)(H,19,21)(H,22,23). The highest BCUT2D eigenvalue weighted by molar-refractivity contribution is 5.95. The summed E-state index contributed by atoms with van der Waals surface area (Å²) in [5.74, 6) is -2.54. The molecule has 0 aliphatic rings. The van der Waals surface area contributed by atoms with Crippen LogP contribution >= 0.6 is 0 Å². The van der Waals surface area contributed by atoms with Gasteiger partial charge in [0.15, 0.2) is 0 Å². The second kappa shape index (κ2) is 9.61. The second-order valence-electron chi connectivity index (χ2n) is 5.64. The molecule has 2 amide bonds. The van der Waals surface area contributed by atoms with E-state index in [1.807, 2.05) is 6.92 Å². The largest absolute Gasteiger partial charge is 0.481 e. The molecule has 0 aliphatic carbocycles. The van der Waals surface area contributed by atoms with Crippen molar-refractivity contribution in [3.63, 3.8) is 0 Å². The number of unbranched alkanes of at least 4 members (excludes halogenated alkanes) is 1. The van der Waals surface area contributed by atoms with Gasteiger partial charge in [0.1, 0.15) is 0 Å². The van der Waals surface area contributed by atoms with Gasteiger partial charge in [-0.05, 0) is 24.5 Å². The van der Waals surface area contributed by atoms with Gasteiger partial charge in [-0.25, -0.2) is 0 Å². The zero-order valence-corrected chi connectivity index (χ0v) is 13.5. The van der Waals surface area contributed by atoms with Crippen molar-refractivity contribution in [2.45, 2.75) is 39.5 Å². The van der Waals surface area contributed by atoms with Crippen molar-refractivity contribution in [1.29, 1.82) is 0 Å². The Bertz CT molecular complexity index is 531. The van der Waals surface area contributed by atoms with E-state index in [0.717, 1.165) is 12.8 Å². The Kier molecular flexibility index (Phi) is 7.80. The first-order valence-corrected chi connectivity index (χ1v) is 7.82. The Morgan fingerprint density at radius 1 is 1.13 bits per heavy atom. The number of hydrazine groups is 1. The maximum atomic E-state index is 11.9. The van der Waals surface area contributed by atoms with E-state index in [2.05, 4.69) is 10.9 Å². The van der Waals surface area contributed by atoms with E-state index >= 15 is 0 Å². The Labute approximate surface area is 136 Å². The fraction of sp³-hybridized carbons (Fsp3) is 0.471. The molecule has 0 bridgehead atoms. The Hall–Kier alpha value is -2.37. The summed E-state index contributed by atoms with van der Waals surface area (Å²) in [6, 6.07) is 8.51. The smallest absolute Gasteiger partial charge is 0.306 e. The first-order valence-electron chi connectivity index (χ1n) is 7.82. The molecule has 0 aliphatic heterocycles. The van der Waals surface area contributed by atoms with Gasteiger partial charge in [-0.2, -0.15) is 0 Å². The second-order valence-corrected chi connectivity index (χ2v) is 5.64. The maximum Gasteiger partial charge on any atom is 0.306 e. The van der Waals surface area contributed by atoms with E-state index in [1.54, 1.807) is 37.3 Å². The van der Waals surface area contributed by atoms with Crippen molar-refractivity contribution >= 4 is 17.8 Å². The summed E-state index contributed by atoms with van der Waals surface area (Å²) in [6.45, 7) is 3.74. The number of carboxylic acids is 1. The van der Waals surface area contributed by atoms with Gasteiger partial charge in [-0.1, -0.05) is 44.9 Å². The van der Waals surface area contributed by atoms with Crippen LogP contribution in [0, 0.1) is 11.8 Å². The average molecular weight is 320 g/mol. The Morgan fingerprint density at radius 3 is 2.35 bits per heavy atom. The predicted octanol–water partition coefficient (Wildman–Crippen LogP) is 2.36. The van der Waals surface area contributed by atoms with Gasteiger partial charge in [0.05, 0.1) is 5.92 Å². The number of amides is 2. The first-order chi connectivity index (χ1) is 11.0. The molecule has 6 nitrogen and oxygen atoms in total. The van der Waals surface area contributed by atoms with Crippen molar-refractivity contribution in [3.05, 3.63) is 35.9 Å². The summed E-state index contributed by atoms with van der Waals surface area (Å²) in [6.07, 6.45) is 2.33. The lowest BCUT2D eigenvalue weighted by atomic mass is 9.87. The summed E-state index contributed by atoms with van der Waals surface area (Å²) in [5, 5.41) is 9.25. The molecule has 2 unspecified atom stereocenters. The number of nitrogens with one attached hydrogen (secondary N) is 2. The van der Waals surface area contributed by atoms with Crippen LogP contribution < -0.4 is 10.9 Å². The lowest BCUT2D eigenvalue weighted by Gasteiger charge is -2.19. The lowest BCUT2D eigenvalue weighted by Crippen LogP contribution is -2.42. The monoisotopic (exact) mass is 320 g/mol. The van der Waals surface area contributed by atoms with Crippen LogP contribution in [0.1, 0.15) is 49.9 Å². The molecule has 3 N–H and O–H groups in total. The van der Waals surface area contributed by atoms with Crippen LogP contribution in [0.2, 0.25) is 0 Å². The molecule has 23 heavy (non-hydrogen) atoms. The third-order valence-electron chi connectivity index (χ3n) is 3.73. The highest BCUT2D eigenvalue weighted by atomic mass is 16.4. The van der Waals surface area contributed by atoms with Crippen molar-refractivity contribution in [1.82, 2.24) is 10.9 Å². The highest BCUT2D eigenvalue weighted by Gasteiger charge is 2.26. The van der Waals surface area contributed by atoms with E-state index < -0.39 is 23.7 Å². The molecule has 0 heterocycles. The van der Waals surface area contributed by atoms with E-state index in [0.29, 0.717) is 12.0 Å². The van der Waals surface area contributed by atoms with Crippen LogP contribution in [-0.2, 0) is 9.59 Å². The van der Waals surface area contributed by atoms with Gasteiger partial charge < -0.3 is 5.11 Å². The third kappa shape index (κ3) is 6.50. The molecule has 126 valence electrons. The predicted molar refractivity (Wildman–Crippen MR) is 86.5 cm³/mol. The minimum Gasteiger partial charge on any atom is -0.481 e. The molecule has 0 spiro atoms. The minimum atomic E-state index is -0.882. The van der Waals surface area contributed by atoms with E-state index in [-0.39, 0.29) is 12.3 Å². The van der Waals surface area contributed by atoms with Gasteiger partial charge in [-0.15, -0.1) is 0 Å². The third-order valence-corrected chi connectivity index (χ3v) is 3.73. The van der Waals surface area contributed by atoms with E-state index in [4.69, 9.17) is 0 Å². The van der Waals surface area contributed by atoms with Crippen molar-refractivity contribution in [2.24, 2.45) is 11.8 Å². The van der Waals surface area contributed by atoms with Crippen LogP contribution in [0.4, 0.5) is 0 Å². The first kappa shape index (κ1) is 18.7.